The van der Waals surface area contributed by atoms with Crippen molar-refractivity contribution in [2.75, 3.05) is 11.4 Å². The third-order valence-electron chi connectivity index (χ3n) is 3.14. The van der Waals surface area contributed by atoms with Gasteiger partial charge in [0.2, 0.25) is 0 Å². The van der Waals surface area contributed by atoms with Crippen LogP contribution in [0, 0.1) is 0 Å². The molecule has 82 valence electrons. The van der Waals surface area contributed by atoms with Crippen molar-refractivity contribution in [3.8, 4) is 0 Å². The van der Waals surface area contributed by atoms with Gasteiger partial charge in [0, 0.05) is 24.2 Å². The van der Waals surface area contributed by atoms with Crippen LogP contribution in [0.1, 0.15) is 32.3 Å². The number of pyridine rings is 1. The van der Waals surface area contributed by atoms with Gasteiger partial charge in [-0.25, -0.2) is 4.98 Å². The van der Waals surface area contributed by atoms with Crippen LogP contribution in [0.4, 0.5) is 5.82 Å². The molecule has 0 aromatic carbocycles. The Bertz CT molecular complexity index is 349. The van der Waals surface area contributed by atoms with Gasteiger partial charge in [-0.3, -0.25) is 0 Å². The average molecular weight is 225 g/mol. The van der Waals surface area contributed by atoms with Crippen LogP contribution in [0.2, 0.25) is 0 Å². The Morgan fingerprint density at radius 2 is 2.33 bits per heavy atom. The van der Waals surface area contributed by atoms with Crippen molar-refractivity contribution in [2.45, 2.75) is 38.1 Å². The summed E-state index contributed by atoms with van der Waals surface area (Å²) in [4.78, 5) is 6.81. The lowest BCUT2D eigenvalue weighted by Gasteiger charge is -2.32. The quantitative estimate of drug-likeness (QED) is 0.718. The fourth-order valence-corrected chi connectivity index (χ4v) is 2.39. The largest absolute Gasteiger partial charge is 0.351 e. The van der Waals surface area contributed by atoms with Crippen LogP contribution >= 0.6 is 11.6 Å². The summed E-state index contributed by atoms with van der Waals surface area (Å²) in [5, 5.41) is 0. The van der Waals surface area contributed by atoms with Gasteiger partial charge >= 0.3 is 0 Å². The molecule has 3 heteroatoms. The molecule has 0 bridgehead atoms. The topological polar surface area (TPSA) is 16.1 Å². The Morgan fingerprint density at radius 3 is 2.93 bits per heavy atom. The summed E-state index contributed by atoms with van der Waals surface area (Å²) in [6.07, 6.45) is 4.33. The van der Waals surface area contributed by atoms with Gasteiger partial charge in [-0.15, -0.1) is 11.6 Å². The van der Waals surface area contributed by atoms with Crippen molar-refractivity contribution < 1.29 is 0 Å². The Hall–Kier alpha value is -0.760. The Kier molecular flexibility index (Phi) is 2.87. The standard InChI is InChI=1S/C12H17ClN2/c1-12(2)5-3-7-15(12)11-8-10(9-13)4-6-14-11/h4,6,8H,3,5,7,9H2,1-2H3. The van der Waals surface area contributed by atoms with Gasteiger partial charge in [0.05, 0.1) is 0 Å². The molecular formula is C12H17ClN2. The first kappa shape index (κ1) is 10.7. The summed E-state index contributed by atoms with van der Waals surface area (Å²) in [5.41, 5.74) is 1.38. The monoisotopic (exact) mass is 224 g/mol. The van der Waals surface area contributed by atoms with Crippen LogP contribution in [0.5, 0.6) is 0 Å². The molecule has 0 spiro atoms. The molecule has 15 heavy (non-hydrogen) atoms. The molecule has 1 aliphatic rings. The van der Waals surface area contributed by atoms with Crippen molar-refractivity contribution in [1.82, 2.24) is 4.98 Å². The second-order valence-electron chi connectivity index (χ2n) is 4.72. The van der Waals surface area contributed by atoms with Crippen molar-refractivity contribution in [2.24, 2.45) is 0 Å². The van der Waals surface area contributed by atoms with Gasteiger partial charge < -0.3 is 4.90 Å². The van der Waals surface area contributed by atoms with E-state index in [0.29, 0.717) is 5.88 Å². The van der Waals surface area contributed by atoms with Crippen LogP contribution in [0.15, 0.2) is 18.3 Å². The zero-order valence-electron chi connectivity index (χ0n) is 9.33. The first-order chi connectivity index (χ1) is 7.13. The van der Waals surface area contributed by atoms with Gasteiger partial charge in [-0.05, 0) is 44.4 Å². The molecule has 2 nitrogen and oxygen atoms in total. The first-order valence-electron chi connectivity index (χ1n) is 5.42. The van der Waals surface area contributed by atoms with Crippen LogP contribution < -0.4 is 4.90 Å². The summed E-state index contributed by atoms with van der Waals surface area (Å²) < 4.78 is 0. The highest BCUT2D eigenvalue weighted by Crippen LogP contribution is 2.32. The minimum absolute atomic E-state index is 0.234. The summed E-state index contributed by atoms with van der Waals surface area (Å²) in [5.74, 6) is 1.62. The maximum Gasteiger partial charge on any atom is 0.129 e. The number of rotatable bonds is 2. The lowest BCUT2D eigenvalue weighted by Crippen LogP contribution is -2.38. The van der Waals surface area contributed by atoms with Crippen LogP contribution in [0.25, 0.3) is 0 Å². The molecule has 2 heterocycles. The summed E-state index contributed by atoms with van der Waals surface area (Å²) in [7, 11) is 0. The Labute approximate surface area is 96.3 Å². The van der Waals surface area contributed by atoms with Gasteiger partial charge in [-0.2, -0.15) is 0 Å². The highest BCUT2D eigenvalue weighted by molar-refractivity contribution is 6.17. The molecule has 0 unspecified atom stereocenters. The van der Waals surface area contributed by atoms with Crippen LogP contribution in [-0.4, -0.2) is 17.1 Å². The van der Waals surface area contributed by atoms with Crippen LogP contribution in [-0.2, 0) is 5.88 Å². The molecule has 1 aromatic heterocycles. The zero-order chi connectivity index (χ0) is 10.9. The fraction of sp³-hybridized carbons (Fsp3) is 0.583. The zero-order valence-corrected chi connectivity index (χ0v) is 10.1. The average Bonchev–Trinajstić information content (AvgIpc) is 2.58. The van der Waals surface area contributed by atoms with Crippen molar-refractivity contribution in [3.63, 3.8) is 0 Å². The van der Waals surface area contributed by atoms with Gasteiger partial charge in [0.1, 0.15) is 5.82 Å². The molecule has 0 radical (unpaired) electrons. The van der Waals surface area contributed by atoms with E-state index in [4.69, 9.17) is 11.6 Å². The third kappa shape index (κ3) is 2.10. The molecule has 0 N–H and O–H groups in total. The summed E-state index contributed by atoms with van der Waals surface area (Å²) in [6.45, 7) is 5.65. The Balaban J connectivity index is 2.29. The summed E-state index contributed by atoms with van der Waals surface area (Å²) >= 11 is 5.83. The van der Waals surface area contributed by atoms with Crippen molar-refractivity contribution in [3.05, 3.63) is 23.9 Å². The van der Waals surface area contributed by atoms with E-state index in [2.05, 4.69) is 29.8 Å². The molecule has 1 aromatic rings. The number of alkyl halides is 1. The molecule has 2 rings (SSSR count). The third-order valence-corrected chi connectivity index (χ3v) is 3.45. The van der Waals surface area contributed by atoms with E-state index in [1.807, 2.05) is 12.3 Å². The van der Waals surface area contributed by atoms with E-state index in [1.165, 1.54) is 12.8 Å². The molecule has 1 fully saturated rings. The van der Waals surface area contributed by atoms with E-state index < -0.39 is 0 Å². The second kappa shape index (κ2) is 4.01. The maximum atomic E-state index is 5.83. The lowest BCUT2D eigenvalue weighted by atomic mass is 10.0. The van der Waals surface area contributed by atoms with Crippen molar-refractivity contribution in [1.29, 1.82) is 0 Å². The Morgan fingerprint density at radius 1 is 1.53 bits per heavy atom. The van der Waals surface area contributed by atoms with E-state index in [9.17, 15) is 0 Å². The van der Waals surface area contributed by atoms with E-state index in [-0.39, 0.29) is 5.54 Å². The van der Waals surface area contributed by atoms with Gasteiger partial charge in [0.15, 0.2) is 0 Å². The molecule has 0 saturated carbocycles. The normalized spacial score (nSPS) is 19.5. The minimum atomic E-state index is 0.234. The number of nitrogens with zero attached hydrogens (tertiary/aromatic N) is 2. The fourth-order valence-electron chi connectivity index (χ4n) is 2.22. The van der Waals surface area contributed by atoms with E-state index in [0.717, 1.165) is 17.9 Å². The highest BCUT2D eigenvalue weighted by atomic mass is 35.5. The molecule has 0 amide bonds. The number of halogens is 1. The lowest BCUT2D eigenvalue weighted by molar-refractivity contribution is 0.514. The molecule has 0 atom stereocenters. The predicted octanol–water partition coefficient (Wildman–Crippen LogP) is 3.20. The van der Waals surface area contributed by atoms with Crippen molar-refractivity contribution >= 4 is 17.4 Å². The maximum absolute atomic E-state index is 5.83. The molecule has 0 aliphatic carbocycles. The van der Waals surface area contributed by atoms with E-state index in [1.54, 1.807) is 0 Å². The smallest absolute Gasteiger partial charge is 0.129 e. The number of hydrogen-bond donors (Lipinski definition) is 0. The predicted molar refractivity (Wildman–Crippen MR) is 64.5 cm³/mol. The van der Waals surface area contributed by atoms with E-state index >= 15 is 0 Å². The number of aromatic nitrogens is 1. The van der Waals surface area contributed by atoms with Crippen LogP contribution in [0.3, 0.4) is 0 Å². The number of anilines is 1. The summed E-state index contributed by atoms with van der Waals surface area (Å²) in [6, 6.07) is 4.07. The first-order valence-corrected chi connectivity index (χ1v) is 5.95. The SMILES string of the molecule is CC1(C)CCCN1c1cc(CCl)ccn1. The molecule has 1 saturated heterocycles. The van der Waals surface area contributed by atoms with Gasteiger partial charge in [0.25, 0.3) is 0 Å². The highest BCUT2D eigenvalue weighted by Gasteiger charge is 2.32. The minimum Gasteiger partial charge on any atom is -0.351 e. The molecular weight excluding hydrogens is 208 g/mol. The van der Waals surface area contributed by atoms with Gasteiger partial charge in [-0.1, -0.05) is 0 Å². The number of hydrogen-bond acceptors (Lipinski definition) is 2. The second-order valence-corrected chi connectivity index (χ2v) is 4.99. The molecule has 1 aliphatic heterocycles.